The SMILES string of the molecule is COCCN(CC(=O)O)C(=O)c1ccc(Cl)cc1. The fourth-order valence-corrected chi connectivity index (χ4v) is 1.52. The first-order chi connectivity index (χ1) is 8.54. The van der Waals surface area contributed by atoms with E-state index in [9.17, 15) is 9.59 Å². The fourth-order valence-electron chi connectivity index (χ4n) is 1.39. The topological polar surface area (TPSA) is 66.8 Å². The van der Waals surface area contributed by atoms with Crippen molar-refractivity contribution >= 4 is 23.5 Å². The lowest BCUT2D eigenvalue weighted by Gasteiger charge is -2.20. The van der Waals surface area contributed by atoms with Gasteiger partial charge in [-0.25, -0.2) is 0 Å². The minimum atomic E-state index is -1.06. The third-order valence-corrected chi connectivity index (χ3v) is 2.52. The van der Waals surface area contributed by atoms with Crippen LogP contribution in [-0.2, 0) is 9.53 Å². The van der Waals surface area contributed by atoms with Gasteiger partial charge in [-0.05, 0) is 24.3 Å². The number of carboxylic acid groups (broad SMARTS) is 1. The van der Waals surface area contributed by atoms with Crippen LogP contribution >= 0.6 is 11.6 Å². The molecule has 1 N–H and O–H groups in total. The molecule has 5 nitrogen and oxygen atoms in total. The summed E-state index contributed by atoms with van der Waals surface area (Å²) in [4.78, 5) is 24.0. The van der Waals surface area contributed by atoms with E-state index < -0.39 is 5.97 Å². The maximum absolute atomic E-state index is 12.1. The summed E-state index contributed by atoms with van der Waals surface area (Å²) < 4.78 is 4.85. The van der Waals surface area contributed by atoms with Crippen LogP contribution in [0.15, 0.2) is 24.3 Å². The predicted octanol–water partition coefficient (Wildman–Crippen LogP) is 1.51. The zero-order valence-electron chi connectivity index (χ0n) is 9.93. The zero-order chi connectivity index (χ0) is 13.5. The Hall–Kier alpha value is -1.59. The van der Waals surface area contributed by atoms with E-state index in [4.69, 9.17) is 21.4 Å². The lowest BCUT2D eigenvalue weighted by molar-refractivity contribution is -0.137. The van der Waals surface area contributed by atoms with Gasteiger partial charge in [0, 0.05) is 24.2 Å². The number of carboxylic acids is 1. The number of carbonyl (C=O) groups is 2. The number of methoxy groups -OCH3 is 1. The van der Waals surface area contributed by atoms with Gasteiger partial charge in [-0.15, -0.1) is 0 Å². The molecule has 6 heteroatoms. The summed E-state index contributed by atoms with van der Waals surface area (Å²) in [6.45, 7) is 0.154. The highest BCUT2D eigenvalue weighted by atomic mass is 35.5. The standard InChI is InChI=1S/C12H14ClNO4/c1-18-7-6-14(8-11(15)16)12(17)9-2-4-10(13)5-3-9/h2-5H,6-8H2,1H3,(H,15,16). The largest absolute Gasteiger partial charge is 0.480 e. The van der Waals surface area contributed by atoms with Crippen LogP contribution in [0.2, 0.25) is 5.02 Å². The van der Waals surface area contributed by atoms with Crippen LogP contribution in [0.5, 0.6) is 0 Å². The first-order valence-corrected chi connectivity index (χ1v) is 5.68. The van der Waals surface area contributed by atoms with Gasteiger partial charge in [-0.3, -0.25) is 9.59 Å². The van der Waals surface area contributed by atoms with Crippen molar-refractivity contribution in [2.75, 3.05) is 26.8 Å². The molecule has 18 heavy (non-hydrogen) atoms. The van der Waals surface area contributed by atoms with Crippen LogP contribution in [0.25, 0.3) is 0 Å². The number of rotatable bonds is 6. The molecule has 0 bridgehead atoms. The van der Waals surface area contributed by atoms with Gasteiger partial charge in [0.15, 0.2) is 0 Å². The van der Waals surface area contributed by atoms with Crippen LogP contribution in [0.1, 0.15) is 10.4 Å². The lowest BCUT2D eigenvalue weighted by Crippen LogP contribution is -2.37. The monoisotopic (exact) mass is 271 g/mol. The number of hydrogen-bond donors (Lipinski definition) is 1. The minimum Gasteiger partial charge on any atom is -0.480 e. The molecule has 0 saturated heterocycles. The molecule has 0 saturated carbocycles. The van der Waals surface area contributed by atoms with Crippen molar-refractivity contribution < 1.29 is 19.4 Å². The number of benzene rings is 1. The highest BCUT2D eigenvalue weighted by Crippen LogP contribution is 2.11. The van der Waals surface area contributed by atoms with Crippen molar-refractivity contribution in [3.8, 4) is 0 Å². The molecule has 0 aliphatic rings. The van der Waals surface area contributed by atoms with Crippen molar-refractivity contribution in [1.82, 2.24) is 4.90 Å². The van der Waals surface area contributed by atoms with E-state index in [1.807, 2.05) is 0 Å². The normalized spacial score (nSPS) is 10.1. The summed E-state index contributed by atoms with van der Waals surface area (Å²) in [6, 6.07) is 6.30. The van der Waals surface area contributed by atoms with Crippen LogP contribution in [0, 0.1) is 0 Å². The Balaban J connectivity index is 2.80. The predicted molar refractivity (Wildman–Crippen MR) is 66.9 cm³/mol. The molecular weight excluding hydrogens is 258 g/mol. The van der Waals surface area contributed by atoms with E-state index in [0.29, 0.717) is 10.6 Å². The maximum atomic E-state index is 12.1. The van der Waals surface area contributed by atoms with Gasteiger partial charge in [-0.2, -0.15) is 0 Å². The summed E-state index contributed by atoms with van der Waals surface area (Å²) in [5, 5.41) is 9.29. The van der Waals surface area contributed by atoms with Crippen LogP contribution in [-0.4, -0.2) is 48.7 Å². The van der Waals surface area contributed by atoms with Crippen LogP contribution < -0.4 is 0 Å². The van der Waals surface area contributed by atoms with E-state index in [-0.39, 0.29) is 25.6 Å². The van der Waals surface area contributed by atoms with Crippen LogP contribution in [0.4, 0.5) is 0 Å². The Morgan fingerprint density at radius 2 is 1.94 bits per heavy atom. The van der Waals surface area contributed by atoms with Gasteiger partial charge in [0.2, 0.25) is 0 Å². The Kier molecular flexibility index (Phi) is 5.61. The highest BCUT2D eigenvalue weighted by molar-refractivity contribution is 6.30. The Morgan fingerprint density at radius 3 is 2.44 bits per heavy atom. The van der Waals surface area contributed by atoms with Crippen molar-refractivity contribution in [2.45, 2.75) is 0 Å². The van der Waals surface area contributed by atoms with Gasteiger partial charge in [0.05, 0.1) is 6.61 Å². The fraction of sp³-hybridized carbons (Fsp3) is 0.333. The average Bonchev–Trinajstić information content (AvgIpc) is 2.34. The summed E-state index contributed by atoms with van der Waals surface area (Å²) in [7, 11) is 1.49. The smallest absolute Gasteiger partial charge is 0.323 e. The number of hydrogen-bond acceptors (Lipinski definition) is 3. The molecule has 0 unspecified atom stereocenters. The summed E-state index contributed by atoms with van der Waals surface area (Å²) in [6.07, 6.45) is 0. The van der Waals surface area contributed by atoms with E-state index in [1.165, 1.54) is 12.0 Å². The van der Waals surface area contributed by atoms with Gasteiger partial charge < -0.3 is 14.7 Å². The van der Waals surface area contributed by atoms with Gasteiger partial charge in [-0.1, -0.05) is 11.6 Å². The molecule has 0 aromatic heterocycles. The molecule has 0 aliphatic heterocycles. The Bertz CT molecular complexity index is 419. The molecule has 1 aromatic carbocycles. The maximum Gasteiger partial charge on any atom is 0.323 e. The van der Waals surface area contributed by atoms with E-state index in [0.717, 1.165) is 0 Å². The molecule has 0 spiro atoms. The number of nitrogens with zero attached hydrogens (tertiary/aromatic N) is 1. The summed E-state index contributed by atoms with van der Waals surface area (Å²) in [5.74, 6) is -1.42. The number of ether oxygens (including phenoxy) is 1. The minimum absolute atomic E-state index is 0.226. The van der Waals surface area contributed by atoms with Crippen molar-refractivity contribution in [2.24, 2.45) is 0 Å². The summed E-state index contributed by atoms with van der Waals surface area (Å²) in [5.41, 5.74) is 0.400. The van der Waals surface area contributed by atoms with Crippen LogP contribution in [0.3, 0.4) is 0 Å². The lowest BCUT2D eigenvalue weighted by atomic mass is 10.2. The molecule has 1 amide bonds. The number of aliphatic carboxylic acids is 1. The number of amides is 1. The Morgan fingerprint density at radius 1 is 1.33 bits per heavy atom. The first-order valence-electron chi connectivity index (χ1n) is 5.30. The van der Waals surface area contributed by atoms with E-state index >= 15 is 0 Å². The second kappa shape index (κ2) is 6.98. The first kappa shape index (κ1) is 14.5. The molecule has 1 rings (SSSR count). The molecular formula is C12H14ClNO4. The quantitative estimate of drug-likeness (QED) is 0.852. The third-order valence-electron chi connectivity index (χ3n) is 2.27. The average molecular weight is 272 g/mol. The van der Waals surface area contributed by atoms with Crippen molar-refractivity contribution in [1.29, 1.82) is 0 Å². The van der Waals surface area contributed by atoms with Crippen molar-refractivity contribution in [3.05, 3.63) is 34.9 Å². The number of carbonyl (C=O) groups excluding carboxylic acids is 1. The second-order valence-corrected chi connectivity index (χ2v) is 4.06. The molecule has 0 radical (unpaired) electrons. The second-order valence-electron chi connectivity index (χ2n) is 3.62. The highest BCUT2D eigenvalue weighted by Gasteiger charge is 2.18. The zero-order valence-corrected chi connectivity index (χ0v) is 10.7. The molecule has 0 aliphatic carbocycles. The molecule has 98 valence electrons. The third kappa shape index (κ3) is 4.35. The van der Waals surface area contributed by atoms with Gasteiger partial charge in [0.25, 0.3) is 5.91 Å². The summed E-state index contributed by atoms with van der Waals surface area (Å²) >= 11 is 5.72. The van der Waals surface area contributed by atoms with Crippen molar-refractivity contribution in [3.63, 3.8) is 0 Å². The number of halogens is 1. The molecule has 1 aromatic rings. The van der Waals surface area contributed by atoms with E-state index in [1.54, 1.807) is 24.3 Å². The molecule has 0 fully saturated rings. The van der Waals surface area contributed by atoms with Gasteiger partial charge >= 0.3 is 5.97 Å². The van der Waals surface area contributed by atoms with Gasteiger partial charge in [0.1, 0.15) is 6.54 Å². The molecule has 0 heterocycles. The molecule has 0 atom stereocenters. The Labute approximate surface area is 110 Å². The van der Waals surface area contributed by atoms with E-state index in [2.05, 4.69) is 0 Å².